The maximum absolute atomic E-state index is 11.0. The molecule has 0 saturated heterocycles. The van der Waals surface area contributed by atoms with E-state index in [0.717, 1.165) is 0 Å². The van der Waals surface area contributed by atoms with E-state index in [1.54, 1.807) is 19.1 Å². The summed E-state index contributed by atoms with van der Waals surface area (Å²) >= 11 is 0. The van der Waals surface area contributed by atoms with Crippen molar-refractivity contribution in [1.29, 1.82) is 0 Å². The van der Waals surface area contributed by atoms with Crippen molar-refractivity contribution in [3.63, 3.8) is 0 Å². The Balaban J connectivity index is 4.06. The fourth-order valence-corrected chi connectivity index (χ4v) is 0.864. The van der Waals surface area contributed by atoms with Crippen LogP contribution in [0.25, 0.3) is 0 Å². The predicted molar refractivity (Wildman–Crippen MR) is 56.3 cm³/mol. The fourth-order valence-electron chi connectivity index (χ4n) is 0.864. The minimum atomic E-state index is -0.944. The molecule has 0 aliphatic rings. The zero-order chi connectivity index (χ0) is 11.8. The van der Waals surface area contributed by atoms with Gasteiger partial charge in [0.2, 0.25) is 0 Å². The number of carbonyl (C=O) groups excluding carboxylic acids is 1. The fraction of sp³-hybridized carbons (Fsp3) is 0.455. The molecule has 1 atom stereocenters. The normalized spacial score (nSPS) is 13.9. The zero-order valence-electron chi connectivity index (χ0n) is 9.19. The Morgan fingerprint density at radius 1 is 1.47 bits per heavy atom. The minimum absolute atomic E-state index is 0.204. The number of ether oxygens (including phenoxy) is 1. The molecule has 0 radical (unpaired) electrons. The van der Waals surface area contributed by atoms with Crippen molar-refractivity contribution >= 4 is 11.9 Å². The van der Waals surface area contributed by atoms with Crippen molar-refractivity contribution in [3.05, 3.63) is 23.8 Å². The van der Waals surface area contributed by atoms with E-state index in [-0.39, 0.29) is 17.5 Å². The third-order valence-electron chi connectivity index (χ3n) is 1.91. The molecule has 0 aromatic heterocycles. The van der Waals surface area contributed by atoms with Crippen molar-refractivity contribution in [2.45, 2.75) is 20.3 Å². The summed E-state index contributed by atoms with van der Waals surface area (Å²) in [5.41, 5.74) is 0.261. The highest BCUT2D eigenvalue weighted by atomic mass is 16.5. The second kappa shape index (κ2) is 6.81. The Morgan fingerprint density at radius 2 is 2.07 bits per heavy atom. The van der Waals surface area contributed by atoms with Crippen molar-refractivity contribution in [2.75, 3.05) is 7.11 Å². The van der Waals surface area contributed by atoms with Crippen LogP contribution in [0.4, 0.5) is 0 Å². The van der Waals surface area contributed by atoms with E-state index in [1.807, 2.05) is 0 Å². The Labute approximate surface area is 89.2 Å². The van der Waals surface area contributed by atoms with E-state index in [9.17, 15) is 9.59 Å². The lowest BCUT2D eigenvalue weighted by atomic mass is 10.1. The number of allylic oxidation sites excluding steroid dienone is 3. The highest BCUT2D eigenvalue weighted by Gasteiger charge is 2.09. The molecule has 0 amide bonds. The largest absolute Gasteiger partial charge is 0.478 e. The number of carbonyl (C=O) groups is 2. The molecule has 0 rings (SSSR count). The summed E-state index contributed by atoms with van der Waals surface area (Å²) in [4.78, 5) is 21.4. The molecule has 1 N–H and O–H groups in total. The van der Waals surface area contributed by atoms with Crippen molar-refractivity contribution in [3.8, 4) is 0 Å². The quantitative estimate of drug-likeness (QED) is 0.428. The van der Waals surface area contributed by atoms with E-state index in [0.29, 0.717) is 6.42 Å². The van der Waals surface area contributed by atoms with E-state index in [1.165, 1.54) is 20.1 Å². The van der Waals surface area contributed by atoms with Crippen LogP contribution >= 0.6 is 0 Å². The molecule has 0 aliphatic heterocycles. The van der Waals surface area contributed by atoms with Crippen LogP contribution in [-0.4, -0.2) is 24.2 Å². The Bertz CT molecular complexity index is 289. The van der Waals surface area contributed by atoms with Gasteiger partial charge in [0.15, 0.2) is 0 Å². The van der Waals surface area contributed by atoms with Gasteiger partial charge in [0.25, 0.3) is 0 Å². The first-order valence-electron chi connectivity index (χ1n) is 4.63. The smallest absolute Gasteiger partial charge is 0.331 e. The standard InChI is InChI=1S/C11H16O4/c1-8(10(12)13)6-4-5-7-9(2)11(14)15-3/h4-6,9H,7H2,1-3H3,(H,12,13). The van der Waals surface area contributed by atoms with Crippen molar-refractivity contribution < 1.29 is 19.4 Å². The van der Waals surface area contributed by atoms with Gasteiger partial charge in [0.05, 0.1) is 13.0 Å². The number of esters is 1. The molecular weight excluding hydrogens is 196 g/mol. The molecule has 15 heavy (non-hydrogen) atoms. The molecule has 0 aromatic rings. The van der Waals surface area contributed by atoms with Crippen LogP contribution in [0, 0.1) is 5.92 Å². The van der Waals surface area contributed by atoms with E-state index >= 15 is 0 Å². The Morgan fingerprint density at radius 3 is 2.53 bits per heavy atom. The molecule has 1 unspecified atom stereocenters. The first kappa shape index (κ1) is 13.4. The lowest BCUT2D eigenvalue weighted by Gasteiger charge is -2.04. The second-order valence-electron chi connectivity index (χ2n) is 3.24. The summed E-state index contributed by atoms with van der Waals surface area (Å²) in [6.07, 6.45) is 5.40. The lowest BCUT2D eigenvalue weighted by molar-refractivity contribution is -0.144. The van der Waals surface area contributed by atoms with Crippen LogP contribution in [0.2, 0.25) is 0 Å². The summed E-state index contributed by atoms with van der Waals surface area (Å²) in [6.45, 7) is 3.26. The van der Waals surface area contributed by atoms with Crippen LogP contribution in [0.5, 0.6) is 0 Å². The van der Waals surface area contributed by atoms with Gasteiger partial charge in [-0.15, -0.1) is 0 Å². The molecule has 84 valence electrons. The lowest BCUT2D eigenvalue weighted by Crippen LogP contribution is -2.11. The molecule has 4 nitrogen and oxygen atoms in total. The molecule has 0 saturated carbocycles. The van der Waals surface area contributed by atoms with Crippen LogP contribution in [0.15, 0.2) is 23.8 Å². The first-order chi connectivity index (χ1) is 6.99. The molecule has 4 heteroatoms. The first-order valence-corrected chi connectivity index (χ1v) is 4.63. The highest BCUT2D eigenvalue weighted by molar-refractivity contribution is 5.86. The van der Waals surface area contributed by atoms with Gasteiger partial charge in [0, 0.05) is 5.57 Å². The van der Waals surface area contributed by atoms with E-state index in [2.05, 4.69) is 4.74 Å². The molecule has 0 aliphatic carbocycles. The molecule has 0 heterocycles. The third kappa shape index (κ3) is 5.67. The Kier molecular flexibility index (Phi) is 6.09. The number of carboxylic acids is 1. The van der Waals surface area contributed by atoms with Crippen LogP contribution in [0.1, 0.15) is 20.3 Å². The maximum atomic E-state index is 11.0. The second-order valence-corrected chi connectivity index (χ2v) is 3.24. The summed E-state index contributed by atoms with van der Waals surface area (Å²) in [7, 11) is 1.34. The minimum Gasteiger partial charge on any atom is -0.478 e. The average Bonchev–Trinajstić information content (AvgIpc) is 2.22. The Hall–Kier alpha value is -1.58. The van der Waals surface area contributed by atoms with E-state index < -0.39 is 5.97 Å². The molecule has 0 aromatic carbocycles. The summed E-state index contributed by atoms with van der Waals surface area (Å²) in [6, 6.07) is 0. The number of aliphatic carboxylic acids is 1. The summed E-state index contributed by atoms with van der Waals surface area (Å²) in [5.74, 6) is -1.41. The van der Waals surface area contributed by atoms with Crippen LogP contribution in [-0.2, 0) is 14.3 Å². The molecular formula is C11H16O4. The summed E-state index contributed by atoms with van der Waals surface area (Å²) in [5, 5.41) is 8.54. The van der Waals surface area contributed by atoms with Crippen LogP contribution in [0.3, 0.4) is 0 Å². The number of hydrogen-bond acceptors (Lipinski definition) is 3. The number of carboxylic acid groups (broad SMARTS) is 1. The topological polar surface area (TPSA) is 63.6 Å². The van der Waals surface area contributed by atoms with Gasteiger partial charge in [0.1, 0.15) is 0 Å². The molecule has 0 fully saturated rings. The number of methoxy groups -OCH3 is 1. The van der Waals surface area contributed by atoms with Gasteiger partial charge in [-0.2, -0.15) is 0 Å². The van der Waals surface area contributed by atoms with Gasteiger partial charge >= 0.3 is 11.9 Å². The van der Waals surface area contributed by atoms with Gasteiger partial charge < -0.3 is 9.84 Å². The van der Waals surface area contributed by atoms with Crippen molar-refractivity contribution in [2.24, 2.45) is 5.92 Å². The maximum Gasteiger partial charge on any atom is 0.331 e. The predicted octanol–water partition coefficient (Wildman–Crippen LogP) is 1.77. The molecule has 0 spiro atoms. The van der Waals surface area contributed by atoms with Crippen LogP contribution < -0.4 is 0 Å². The SMILES string of the molecule is COC(=O)C(C)CC=CC=C(C)C(=O)O. The zero-order valence-corrected chi connectivity index (χ0v) is 9.19. The molecule has 0 bridgehead atoms. The monoisotopic (exact) mass is 212 g/mol. The summed E-state index contributed by atoms with van der Waals surface area (Å²) < 4.78 is 4.55. The third-order valence-corrected chi connectivity index (χ3v) is 1.91. The van der Waals surface area contributed by atoms with Gasteiger partial charge in [-0.05, 0) is 13.3 Å². The van der Waals surface area contributed by atoms with Gasteiger partial charge in [-0.3, -0.25) is 4.79 Å². The van der Waals surface area contributed by atoms with E-state index in [4.69, 9.17) is 5.11 Å². The van der Waals surface area contributed by atoms with Crippen molar-refractivity contribution in [1.82, 2.24) is 0 Å². The highest BCUT2D eigenvalue weighted by Crippen LogP contribution is 2.05. The number of rotatable bonds is 5. The average molecular weight is 212 g/mol. The number of hydrogen-bond donors (Lipinski definition) is 1. The van der Waals surface area contributed by atoms with Gasteiger partial charge in [-0.25, -0.2) is 4.79 Å². The van der Waals surface area contributed by atoms with Gasteiger partial charge in [-0.1, -0.05) is 25.2 Å².